The Kier molecular flexibility index (Phi) is 4.71. The van der Waals surface area contributed by atoms with E-state index in [1.54, 1.807) is 23.6 Å². The molecule has 4 aromatic rings. The van der Waals surface area contributed by atoms with Crippen LogP contribution in [0.4, 0.5) is 0 Å². The quantitative estimate of drug-likeness (QED) is 0.304. The molecule has 130 valence electrons. The van der Waals surface area contributed by atoms with E-state index in [0.29, 0.717) is 27.4 Å². The van der Waals surface area contributed by atoms with Crippen LogP contribution in [0.5, 0.6) is 0 Å². The van der Waals surface area contributed by atoms with Gasteiger partial charge in [0.1, 0.15) is 16.7 Å². The maximum absolute atomic E-state index is 12.3. The molecule has 0 aliphatic carbocycles. The first kappa shape index (κ1) is 17.4. The highest BCUT2D eigenvalue weighted by Crippen LogP contribution is 2.27. The van der Waals surface area contributed by atoms with Crippen LogP contribution in [-0.4, -0.2) is 4.98 Å². The van der Waals surface area contributed by atoms with Gasteiger partial charge in [0.25, 0.3) is 0 Å². The number of allylic oxidation sites excluding steroid dienone is 1. The van der Waals surface area contributed by atoms with Crippen LogP contribution in [0.25, 0.3) is 33.9 Å². The number of fused-ring (bicyclic) bond motifs is 1. The van der Waals surface area contributed by atoms with Gasteiger partial charge in [-0.15, -0.1) is 11.3 Å². The van der Waals surface area contributed by atoms with Crippen molar-refractivity contribution < 1.29 is 4.42 Å². The molecule has 2 heterocycles. The first-order chi connectivity index (χ1) is 13.1. The summed E-state index contributed by atoms with van der Waals surface area (Å²) in [5, 5.41) is 12.7. The minimum absolute atomic E-state index is 0.386. The van der Waals surface area contributed by atoms with Crippen molar-refractivity contribution >= 4 is 49.9 Å². The van der Waals surface area contributed by atoms with Gasteiger partial charge in [0.15, 0.2) is 0 Å². The lowest BCUT2D eigenvalue weighted by atomic mass is 10.1. The fourth-order valence-corrected chi connectivity index (χ4v) is 3.68. The second-order valence-corrected chi connectivity index (χ2v) is 7.52. The van der Waals surface area contributed by atoms with Crippen molar-refractivity contribution in [1.82, 2.24) is 4.98 Å². The van der Waals surface area contributed by atoms with Crippen molar-refractivity contribution in [2.24, 2.45) is 0 Å². The molecule has 0 fully saturated rings. The highest BCUT2D eigenvalue weighted by molar-refractivity contribution is 9.10. The fraction of sp³-hybridized carbons (Fsp3) is 0. The van der Waals surface area contributed by atoms with Crippen molar-refractivity contribution in [3.05, 3.63) is 85.4 Å². The van der Waals surface area contributed by atoms with E-state index in [9.17, 15) is 10.1 Å². The van der Waals surface area contributed by atoms with Gasteiger partial charge < -0.3 is 4.42 Å². The third kappa shape index (κ3) is 3.61. The lowest BCUT2D eigenvalue weighted by Crippen LogP contribution is -2.02. The number of nitrogens with zero attached hydrogens (tertiary/aromatic N) is 2. The molecule has 27 heavy (non-hydrogen) atoms. The molecule has 2 aromatic heterocycles. The topological polar surface area (TPSA) is 66.9 Å². The molecule has 0 aliphatic heterocycles. The van der Waals surface area contributed by atoms with Crippen LogP contribution in [0.15, 0.2) is 73.7 Å². The van der Waals surface area contributed by atoms with E-state index in [1.165, 1.54) is 11.3 Å². The van der Waals surface area contributed by atoms with Crippen LogP contribution in [0.3, 0.4) is 0 Å². The average molecular weight is 435 g/mol. The smallest absolute Gasteiger partial charge is 0.345 e. The Morgan fingerprint density at radius 3 is 2.74 bits per heavy atom. The lowest BCUT2D eigenvalue weighted by molar-refractivity contribution is 0.563. The monoisotopic (exact) mass is 434 g/mol. The van der Waals surface area contributed by atoms with Gasteiger partial charge in [0.05, 0.1) is 16.8 Å². The molecular formula is C21H11BrN2O2S. The molecule has 4 nitrogen and oxygen atoms in total. The Morgan fingerprint density at radius 1 is 1.19 bits per heavy atom. The molecule has 0 radical (unpaired) electrons. The van der Waals surface area contributed by atoms with Crippen molar-refractivity contribution in [2.45, 2.75) is 0 Å². The summed E-state index contributed by atoms with van der Waals surface area (Å²) in [6.07, 6.45) is 1.78. The highest BCUT2D eigenvalue weighted by Gasteiger charge is 2.13. The molecule has 0 saturated carbocycles. The van der Waals surface area contributed by atoms with Crippen LogP contribution in [0.1, 0.15) is 10.6 Å². The Balaban J connectivity index is 1.75. The Morgan fingerprint density at radius 2 is 1.96 bits per heavy atom. The van der Waals surface area contributed by atoms with E-state index in [0.717, 1.165) is 15.4 Å². The third-order valence-corrected chi connectivity index (χ3v) is 5.36. The predicted octanol–water partition coefficient (Wildman–Crippen LogP) is 5.74. The van der Waals surface area contributed by atoms with Crippen LogP contribution < -0.4 is 5.63 Å². The predicted molar refractivity (Wildman–Crippen MR) is 111 cm³/mol. The maximum Gasteiger partial charge on any atom is 0.345 e. The minimum Gasteiger partial charge on any atom is -0.422 e. The molecule has 2 aromatic carbocycles. The summed E-state index contributed by atoms with van der Waals surface area (Å²) in [7, 11) is 0. The zero-order chi connectivity index (χ0) is 18.8. The summed E-state index contributed by atoms with van der Waals surface area (Å²) >= 11 is 4.71. The van der Waals surface area contributed by atoms with Crippen LogP contribution >= 0.6 is 27.3 Å². The van der Waals surface area contributed by atoms with E-state index >= 15 is 0 Å². The summed E-state index contributed by atoms with van der Waals surface area (Å²) in [5.41, 5.74) is 2.33. The second-order valence-electron chi connectivity index (χ2n) is 5.74. The van der Waals surface area contributed by atoms with Gasteiger partial charge in [-0.2, -0.15) is 5.26 Å². The average Bonchev–Trinajstić information content (AvgIpc) is 3.16. The molecule has 0 N–H and O–H groups in total. The number of hydrogen-bond donors (Lipinski definition) is 0. The standard InChI is InChI=1S/C21H11BrN2O2S/c22-16-7-5-13(6-8-16)9-15(11-23)20-24-18(12-27-20)17-10-14-3-1-2-4-19(14)26-21(17)25/h1-10,12H/b15-9-. The van der Waals surface area contributed by atoms with E-state index in [1.807, 2.05) is 42.5 Å². The first-order valence-corrected chi connectivity index (χ1v) is 9.68. The van der Waals surface area contributed by atoms with Gasteiger partial charge in [0, 0.05) is 15.2 Å². The first-order valence-electron chi connectivity index (χ1n) is 8.00. The van der Waals surface area contributed by atoms with E-state index < -0.39 is 5.63 Å². The molecule has 0 bridgehead atoms. The summed E-state index contributed by atoms with van der Waals surface area (Å²) < 4.78 is 6.35. The molecule has 0 saturated heterocycles. The van der Waals surface area contributed by atoms with E-state index in [-0.39, 0.29) is 0 Å². The molecule has 0 amide bonds. The van der Waals surface area contributed by atoms with Gasteiger partial charge >= 0.3 is 5.63 Å². The number of benzene rings is 2. The van der Waals surface area contributed by atoms with Gasteiger partial charge in [-0.1, -0.05) is 46.3 Å². The molecule has 0 unspecified atom stereocenters. The van der Waals surface area contributed by atoms with Crippen molar-refractivity contribution in [1.29, 1.82) is 5.26 Å². The summed E-state index contributed by atoms with van der Waals surface area (Å²) in [5.74, 6) is 0. The number of rotatable bonds is 3. The van der Waals surface area contributed by atoms with E-state index in [2.05, 4.69) is 27.0 Å². The molecule has 0 atom stereocenters. The van der Waals surface area contributed by atoms with Crippen LogP contribution in [0, 0.1) is 11.3 Å². The third-order valence-electron chi connectivity index (χ3n) is 3.95. The number of halogens is 1. The SMILES string of the molecule is N#C/C(=C/c1ccc(Br)cc1)c1nc(-c2cc3ccccc3oc2=O)cs1. The Bertz CT molecular complexity index is 1260. The summed E-state index contributed by atoms with van der Waals surface area (Å²) in [4.78, 5) is 16.8. The largest absolute Gasteiger partial charge is 0.422 e. The number of hydrogen-bond acceptors (Lipinski definition) is 5. The number of thiazole rings is 1. The summed E-state index contributed by atoms with van der Waals surface area (Å²) in [6.45, 7) is 0. The number of nitriles is 1. The molecule has 4 rings (SSSR count). The zero-order valence-electron chi connectivity index (χ0n) is 13.8. The Hall–Kier alpha value is -3.01. The van der Waals surface area contributed by atoms with Gasteiger partial charge in [-0.25, -0.2) is 9.78 Å². The molecular weight excluding hydrogens is 424 g/mol. The Labute approximate surface area is 167 Å². The normalized spacial score (nSPS) is 11.5. The second kappa shape index (κ2) is 7.31. The van der Waals surface area contributed by atoms with Gasteiger partial charge in [-0.05, 0) is 35.9 Å². The van der Waals surface area contributed by atoms with Gasteiger partial charge in [0.2, 0.25) is 0 Å². The highest BCUT2D eigenvalue weighted by atomic mass is 79.9. The summed E-state index contributed by atoms with van der Waals surface area (Å²) in [6, 6.07) is 18.9. The minimum atomic E-state index is -0.444. The zero-order valence-corrected chi connectivity index (χ0v) is 16.3. The van der Waals surface area contributed by atoms with Crippen LogP contribution in [-0.2, 0) is 0 Å². The number of para-hydroxylation sites is 1. The maximum atomic E-state index is 12.3. The van der Waals surface area contributed by atoms with Crippen LogP contribution in [0.2, 0.25) is 0 Å². The van der Waals surface area contributed by atoms with Gasteiger partial charge in [-0.3, -0.25) is 0 Å². The fourth-order valence-electron chi connectivity index (χ4n) is 2.63. The van der Waals surface area contributed by atoms with Crippen molar-refractivity contribution in [3.8, 4) is 17.3 Å². The van der Waals surface area contributed by atoms with Crippen molar-refractivity contribution in [3.63, 3.8) is 0 Å². The lowest BCUT2D eigenvalue weighted by Gasteiger charge is -1.99. The molecule has 0 aliphatic rings. The van der Waals surface area contributed by atoms with Crippen molar-refractivity contribution in [2.75, 3.05) is 0 Å². The molecule has 0 spiro atoms. The molecule has 6 heteroatoms. The van der Waals surface area contributed by atoms with E-state index in [4.69, 9.17) is 4.42 Å². The number of aromatic nitrogens is 1.